The molecule has 0 radical (unpaired) electrons. The van der Waals surface area contributed by atoms with Crippen LogP contribution in [0.5, 0.6) is 0 Å². The number of amides is 2. The van der Waals surface area contributed by atoms with Crippen molar-refractivity contribution in [3.05, 3.63) is 65.7 Å². The summed E-state index contributed by atoms with van der Waals surface area (Å²) in [5.41, 5.74) is 2.38. The zero-order valence-electron chi connectivity index (χ0n) is 21.8. The van der Waals surface area contributed by atoms with Crippen LogP contribution in [-0.4, -0.2) is 50.0 Å². The summed E-state index contributed by atoms with van der Waals surface area (Å²) in [4.78, 5) is 28.3. The van der Waals surface area contributed by atoms with Crippen molar-refractivity contribution in [1.82, 2.24) is 10.2 Å². The lowest BCUT2D eigenvalue weighted by molar-refractivity contribution is -0.139. The van der Waals surface area contributed by atoms with Crippen molar-refractivity contribution < 1.29 is 18.0 Å². The molecule has 2 amide bonds. The van der Waals surface area contributed by atoms with E-state index in [2.05, 4.69) is 19.2 Å². The normalized spacial score (nSPS) is 15.4. The lowest BCUT2D eigenvalue weighted by Gasteiger charge is -2.33. The second kappa shape index (κ2) is 12.4. The van der Waals surface area contributed by atoms with Crippen LogP contribution in [0.3, 0.4) is 0 Å². The number of rotatable bonds is 10. The van der Waals surface area contributed by atoms with Gasteiger partial charge in [0.1, 0.15) is 12.6 Å². The number of carbonyl (C=O) groups is 2. The van der Waals surface area contributed by atoms with Crippen molar-refractivity contribution >= 4 is 27.5 Å². The van der Waals surface area contributed by atoms with Crippen molar-refractivity contribution in [1.29, 1.82) is 0 Å². The van der Waals surface area contributed by atoms with E-state index in [0.717, 1.165) is 47.4 Å². The van der Waals surface area contributed by atoms with Gasteiger partial charge in [-0.1, -0.05) is 75.6 Å². The highest BCUT2D eigenvalue weighted by Gasteiger charge is 2.31. The third-order valence-corrected chi connectivity index (χ3v) is 7.98. The van der Waals surface area contributed by atoms with Gasteiger partial charge in [0.15, 0.2) is 0 Å². The molecule has 0 unspecified atom stereocenters. The van der Waals surface area contributed by atoms with E-state index in [1.54, 1.807) is 19.1 Å². The average Bonchev–Trinajstić information content (AvgIpc) is 2.86. The minimum Gasteiger partial charge on any atom is -0.352 e. The highest BCUT2D eigenvalue weighted by molar-refractivity contribution is 7.92. The molecule has 0 heterocycles. The minimum atomic E-state index is -3.74. The fraction of sp³-hybridized carbons (Fsp3) is 0.500. The second-order valence-corrected chi connectivity index (χ2v) is 11.9. The van der Waals surface area contributed by atoms with Crippen LogP contribution in [-0.2, 0) is 26.2 Å². The Morgan fingerprint density at radius 2 is 1.56 bits per heavy atom. The van der Waals surface area contributed by atoms with E-state index in [4.69, 9.17) is 0 Å². The smallest absolute Gasteiger partial charge is 0.244 e. The third-order valence-electron chi connectivity index (χ3n) is 6.84. The summed E-state index contributed by atoms with van der Waals surface area (Å²) < 4.78 is 26.5. The number of hydrogen-bond acceptors (Lipinski definition) is 4. The Hall–Kier alpha value is -2.87. The van der Waals surface area contributed by atoms with E-state index in [-0.39, 0.29) is 25.0 Å². The molecule has 7 nitrogen and oxygen atoms in total. The van der Waals surface area contributed by atoms with E-state index >= 15 is 0 Å². The number of hydrogen-bond donors (Lipinski definition) is 1. The molecular weight excluding hydrogens is 474 g/mol. The number of anilines is 1. The van der Waals surface area contributed by atoms with Crippen LogP contribution >= 0.6 is 0 Å². The molecule has 8 heteroatoms. The highest BCUT2D eigenvalue weighted by Crippen LogP contribution is 2.23. The Morgan fingerprint density at radius 3 is 2.11 bits per heavy atom. The Bertz CT molecular complexity index is 1110. The zero-order chi connectivity index (χ0) is 26.3. The SMILES string of the molecule is CC(C)c1ccc(N(CC(=O)N(Cc2ccccc2)[C@H](C)C(=O)NC2CCCCC2)S(C)(=O)=O)cc1. The highest BCUT2D eigenvalue weighted by atomic mass is 32.2. The van der Waals surface area contributed by atoms with Crippen LogP contribution in [0.25, 0.3) is 0 Å². The molecule has 0 spiro atoms. The van der Waals surface area contributed by atoms with Gasteiger partial charge in [0.2, 0.25) is 21.8 Å². The quantitative estimate of drug-likeness (QED) is 0.509. The summed E-state index contributed by atoms with van der Waals surface area (Å²) in [7, 11) is -3.74. The van der Waals surface area contributed by atoms with Gasteiger partial charge in [-0.15, -0.1) is 0 Å². The summed E-state index contributed by atoms with van der Waals surface area (Å²) in [5.74, 6) is -0.334. The van der Waals surface area contributed by atoms with Crippen LogP contribution in [0.15, 0.2) is 54.6 Å². The first kappa shape index (κ1) is 27.7. The van der Waals surface area contributed by atoms with Crippen molar-refractivity contribution in [2.24, 2.45) is 0 Å². The molecule has 196 valence electrons. The molecular formula is C28H39N3O4S. The Morgan fingerprint density at radius 1 is 0.944 bits per heavy atom. The van der Waals surface area contributed by atoms with E-state index < -0.39 is 22.0 Å². The zero-order valence-corrected chi connectivity index (χ0v) is 22.6. The average molecular weight is 514 g/mol. The van der Waals surface area contributed by atoms with Crippen molar-refractivity contribution in [3.8, 4) is 0 Å². The van der Waals surface area contributed by atoms with Crippen molar-refractivity contribution in [2.45, 2.75) is 77.4 Å². The molecule has 2 aromatic rings. The summed E-state index contributed by atoms with van der Waals surface area (Å²) in [6, 6.07) is 16.0. The molecule has 1 N–H and O–H groups in total. The summed E-state index contributed by atoms with van der Waals surface area (Å²) in [5, 5.41) is 3.11. The number of nitrogens with one attached hydrogen (secondary N) is 1. The topological polar surface area (TPSA) is 86.8 Å². The molecule has 1 fully saturated rings. The summed E-state index contributed by atoms with van der Waals surface area (Å²) >= 11 is 0. The fourth-order valence-corrected chi connectivity index (χ4v) is 5.42. The van der Waals surface area contributed by atoms with Gasteiger partial charge >= 0.3 is 0 Å². The Balaban J connectivity index is 1.84. The lowest BCUT2D eigenvalue weighted by atomic mass is 9.95. The molecule has 1 atom stereocenters. The van der Waals surface area contributed by atoms with E-state index in [9.17, 15) is 18.0 Å². The first-order chi connectivity index (χ1) is 17.1. The van der Waals surface area contributed by atoms with Gasteiger partial charge in [-0.05, 0) is 48.9 Å². The van der Waals surface area contributed by atoms with Gasteiger partial charge in [0.05, 0.1) is 11.9 Å². The molecule has 0 aliphatic heterocycles. The van der Waals surface area contributed by atoms with Gasteiger partial charge in [0.25, 0.3) is 0 Å². The molecule has 0 aromatic heterocycles. The standard InChI is InChI=1S/C28H39N3O4S/c1-21(2)24-15-17-26(18-16-24)31(36(4,34)35)20-27(32)30(19-23-11-7-5-8-12-23)22(3)28(33)29-25-13-9-6-10-14-25/h5,7-8,11-12,15-18,21-22,25H,6,9-10,13-14,19-20H2,1-4H3,(H,29,33)/t22-/m1/s1. The monoisotopic (exact) mass is 513 g/mol. The number of sulfonamides is 1. The first-order valence-electron chi connectivity index (χ1n) is 12.8. The van der Waals surface area contributed by atoms with Gasteiger partial charge < -0.3 is 10.2 Å². The number of benzene rings is 2. The molecule has 2 aromatic carbocycles. The maximum absolute atomic E-state index is 13.6. The molecule has 0 bridgehead atoms. The predicted molar refractivity (Wildman–Crippen MR) is 144 cm³/mol. The van der Waals surface area contributed by atoms with Crippen LogP contribution in [0, 0.1) is 0 Å². The lowest BCUT2D eigenvalue weighted by Crippen LogP contribution is -2.52. The molecule has 1 aliphatic carbocycles. The van der Waals surface area contributed by atoms with Crippen LogP contribution in [0.4, 0.5) is 5.69 Å². The third kappa shape index (κ3) is 7.56. The minimum absolute atomic E-state index is 0.120. The Labute approximate surface area is 215 Å². The van der Waals surface area contributed by atoms with Gasteiger partial charge in [-0.25, -0.2) is 8.42 Å². The Kier molecular flexibility index (Phi) is 9.54. The number of nitrogens with zero attached hydrogens (tertiary/aromatic N) is 2. The van der Waals surface area contributed by atoms with Crippen molar-refractivity contribution in [3.63, 3.8) is 0 Å². The van der Waals surface area contributed by atoms with Crippen LogP contribution in [0.2, 0.25) is 0 Å². The molecule has 36 heavy (non-hydrogen) atoms. The van der Waals surface area contributed by atoms with E-state index in [0.29, 0.717) is 11.6 Å². The maximum Gasteiger partial charge on any atom is 0.244 e. The van der Waals surface area contributed by atoms with Gasteiger partial charge in [-0.2, -0.15) is 0 Å². The predicted octanol–water partition coefficient (Wildman–Crippen LogP) is 4.44. The second-order valence-electron chi connectivity index (χ2n) is 10.0. The maximum atomic E-state index is 13.6. The van der Waals surface area contributed by atoms with E-state index in [1.165, 1.54) is 11.3 Å². The number of carbonyl (C=O) groups excluding carboxylic acids is 2. The summed E-state index contributed by atoms with van der Waals surface area (Å²) in [6.07, 6.45) is 6.34. The summed E-state index contributed by atoms with van der Waals surface area (Å²) in [6.45, 7) is 5.67. The van der Waals surface area contributed by atoms with E-state index in [1.807, 2.05) is 42.5 Å². The van der Waals surface area contributed by atoms with Crippen molar-refractivity contribution in [2.75, 3.05) is 17.1 Å². The molecule has 1 saturated carbocycles. The van der Waals surface area contributed by atoms with Crippen LogP contribution in [0.1, 0.15) is 69.9 Å². The van der Waals surface area contributed by atoms with Crippen LogP contribution < -0.4 is 9.62 Å². The fourth-order valence-electron chi connectivity index (χ4n) is 4.57. The first-order valence-corrected chi connectivity index (χ1v) is 14.6. The van der Waals surface area contributed by atoms with Gasteiger partial charge in [-0.3, -0.25) is 13.9 Å². The largest absolute Gasteiger partial charge is 0.352 e. The molecule has 3 rings (SSSR count). The molecule has 0 saturated heterocycles. The molecule has 1 aliphatic rings. The van der Waals surface area contributed by atoms with Gasteiger partial charge in [0, 0.05) is 12.6 Å².